The van der Waals surface area contributed by atoms with Crippen molar-refractivity contribution in [3.8, 4) is 11.5 Å². The van der Waals surface area contributed by atoms with Crippen LogP contribution >= 0.6 is 23.4 Å². The molecule has 3 rings (SSSR count). The predicted octanol–water partition coefficient (Wildman–Crippen LogP) is 4.53. The largest absolute Gasteiger partial charge is 0.493 e. The van der Waals surface area contributed by atoms with Gasteiger partial charge in [-0.1, -0.05) is 29.8 Å². The smallest absolute Gasteiger partial charge is 0.328 e. The molecule has 1 aliphatic heterocycles. The molecule has 1 saturated heterocycles. The highest BCUT2D eigenvalue weighted by Crippen LogP contribution is 2.35. The maximum atomic E-state index is 12.6. The number of hydrogen-bond acceptors (Lipinski definition) is 7. The lowest BCUT2D eigenvalue weighted by atomic mass is 10.1. The summed E-state index contributed by atoms with van der Waals surface area (Å²) >= 11 is 6.66. The van der Waals surface area contributed by atoms with Crippen LogP contribution in [0.5, 0.6) is 11.5 Å². The maximum absolute atomic E-state index is 12.6. The quantitative estimate of drug-likeness (QED) is 0.442. The number of nitrogens with zero attached hydrogens (tertiary/aromatic N) is 1. The van der Waals surface area contributed by atoms with Gasteiger partial charge in [0.2, 0.25) is 0 Å². The monoisotopic (exact) mass is 461 g/mol. The zero-order valence-electron chi connectivity index (χ0n) is 17.1. The molecule has 31 heavy (non-hydrogen) atoms. The summed E-state index contributed by atoms with van der Waals surface area (Å²) in [5.41, 5.74) is 1.59. The lowest BCUT2D eigenvalue weighted by molar-refractivity contribution is -0.148. The summed E-state index contributed by atoms with van der Waals surface area (Å²) in [6.07, 6.45) is 1.57. The number of rotatable bonds is 7. The Kier molecular flexibility index (Phi) is 7.25. The first-order chi connectivity index (χ1) is 14.8. The van der Waals surface area contributed by atoms with Crippen molar-refractivity contribution in [2.45, 2.75) is 19.6 Å². The zero-order chi connectivity index (χ0) is 22.5. The van der Waals surface area contributed by atoms with E-state index in [0.29, 0.717) is 28.7 Å². The molecule has 1 fully saturated rings. The van der Waals surface area contributed by atoms with Gasteiger partial charge in [0, 0.05) is 5.02 Å². The minimum atomic E-state index is -0.999. The van der Waals surface area contributed by atoms with Gasteiger partial charge in [0.1, 0.15) is 12.6 Å². The number of carbonyl (C=O) groups excluding carboxylic acids is 3. The Labute approximate surface area is 188 Å². The summed E-state index contributed by atoms with van der Waals surface area (Å²) in [5, 5.41) is 0.125. The number of halogens is 1. The van der Waals surface area contributed by atoms with Gasteiger partial charge >= 0.3 is 5.97 Å². The molecule has 0 aromatic heterocycles. The van der Waals surface area contributed by atoms with Crippen LogP contribution in [-0.4, -0.2) is 42.3 Å². The lowest BCUT2D eigenvalue weighted by Crippen LogP contribution is -2.42. The van der Waals surface area contributed by atoms with Gasteiger partial charge < -0.3 is 14.2 Å². The number of imide groups is 1. The fourth-order valence-electron chi connectivity index (χ4n) is 2.88. The van der Waals surface area contributed by atoms with Crippen LogP contribution in [0.4, 0.5) is 4.79 Å². The number of carbonyl (C=O) groups is 3. The Hall–Kier alpha value is -2.97. The second-order valence-corrected chi connectivity index (χ2v) is 8.01. The summed E-state index contributed by atoms with van der Waals surface area (Å²) in [7, 11) is 2.72. The minimum absolute atomic E-state index is 0.206. The summed E-state index contributed by atoms with van der Waals surface area (Å²) < 4.78 is 15.9. The van der Waals surface area contributed by atoms with Gasteiger partial charge in [0.05, 0.1) is 19.1 Å². The van der Waals surface area contributed by atoms with Crippen molar-refractivity contribution in [1.29, 1.82) is 0 Å². The van der Waals surface area contributed by atoms with Gasteiger partial charge in [0.15, 0.2) is 11.5 Å². The molecule has 0 bridgehead atoms. The van der Waals surface area contributed by atoms with Crippen molar-refractivity contribution in [1.82, 2.24) is 4.90 Å². The summed E-state index contributed by atoms with van der Waals surface area (Å²) in [5.74, 6) is -0.200. The van der Waals surface area contributed by atoms with Crippen molar-refractivity contribution in [3.05, 3.63) is 63.5 Å². The highest BCUT2D eigenvalue weighted by Gasteiger charge is 2.41. The van der Waals surface area contributed by atoms with Gasteiger partial charge in [-0.2, -0.15) is 0 Å². The van der Waals surface area contributed by atoms with Crippen LogP contribution in [0, 0.1) is 0 Å². The second kappa shape index (κ2) is 9.89. The van der Waals surface area contributed by atoms with Crippen LogP contribution < -0.4 is 9.47 Å². The summed E-state index contributed by atoms with van der Waals surface area (Å²) in [6.45, 7) is 1.78. The molecule has 1 aliphatic rings. The lowest BCUT2D eigenvalue weighted by Gasteiger charge is -2.18. The Balaban J connectivity index is 1.76. The van der Waals surface area contributed by atoms with Crippen molar-refractivity contribution < 1.29 is 28.6 Å². The molecule has 7 nitrogen and oxygen atoms in total. The number of hydrogen-bond donors (Lipinski definition) is 0. The third-order valence-electron chi connectivity index (χ3n) is 4.55. The molecule has 0 aliphatic carbocycles. The van der Waals surface area contributed by atoms with E-state index >= 15 is 0 Å². The SMILES string of the molecule is COC(=O)[C@H](C)N1C(=O)S/C(=C/c2ccc(OCc3ccc(Cl)cc3)c(OC)c2)C1=O. The average Bonchev–Trinajstić information content (AvgIpc) is 3.05. The molecule has 2 aromatic carbocycles. The summed E-state index contributed by atoms with van der Waals surface area (Å²) in [4.78, 5) is 37.7. The Bertz CT molecular complexity index is 1040. The van der Waals surface area contributed by atoms with E-state index < -0.39 is 23.2 Å². The van der Waals surface area contributed by atoms with Crippen LogP contribution in [0.15, 0.2) is 47.4 Å². The van der Waals surface area contributed by atoms with Crippen molar-refractivity contribution in [2.75, 3.05) is 14.2 Å². The van der Waals surface area contributed by atoms with E-state index in [1.807, 2.05) is 12.1 Å². The second-order valence-electron chi connectivity index (χ2n) is 6.58. The van der Waals surface area contributed by atoms with E-state index in [4.69, 9.17) is 21.1 Å². The minimum Gasteiger partial charge on any atom is -0.493 e. The fourth-order valence-corrected chi connectivity index (χ4v) is 3.91. The molecule has 0 saturated carbocycles. The topological polar surface area (TPSA) is 82.1 Å². The third-order valence-corrected chi connectivity index (χ3v) is 5.68. The zero-order valence-corrected chi connectivity index (χ0v) is 18.7. The molecule has 0 spiro atoms. The third kappa shape index (κ3) is 5.21. The highest BCUT2D eigenvalue weighted by molar-refractivity contribution is 8.18. The first-order valence-corrected chi connectivity index (χ1v) is 10.4. The van der Waals surface area contributed by atoms with Crippen LogP contribution in [0.25, 0.3) is 6.08 Å². The first-order valence-electron chi connectivity index (χ1n) is 9.24. The van der Waals surface area contributed by atoms with Crippen LogP contribution in [-0.2, 0) is 20.9 Å². The van der Waals surface area contributed by atoms with Crippen molar-refractivity contribution in [3.63, 3.8) is 0 Å². The molecule has 9 heteroatoms. The van der Waals surface area contributed by atoms with E-state index in [1.54, 1.807) is 36.4 Å². The Morgan fingerprint density at radius 1 is 1.13 bits per heavy atom. The van der Waals surface area contributed by atoms with E-state index in [0.717, 1.165) is 22.2 Å². The molecular weight excluding hydrogens is 442 g/mol. The fraction of sp³-hybridized carbons (Fsp3) is 0.227. The molecule has 1 atom stereocenters. The van der Waals surface area contributed by atoms with Crippen LogP contribution in [0.3, 0.4) is 0 Å². The van der Waals surface area contributed by atoms with Gasteiger partial charge in [0.25, 0.3) is 11.1 Å². The molecule has 1 heterocycles. The molecule has 2 aromatic rings. The van der Waals surface area contributed by atoms with E-state index in [9.17, 15) is 14.4 Å². The van der Waals surface area contributed by atoms with E-state index in [-0.39, 0.29) is 4.91 Å². The molecule has 0 unspecified atom stereocenters. The normalized spacial score (nSPS) is 15.9. The molecule has 0 radical (unpaired) electrons. The Morgan fingerprint density at radius 2 is 1.84 bits per heavy atom. The van der Waals surface area contributed by atoms with Crippen molar-refractivity contribution >= 4 is 46.6 Å². The molecule has 2 amide bonds. The van der Waals surface area contributed by atoms with E-state index in [2.05, 4.69) is 4.74 Å². The molecular formula is C22H20ClNO6S. The Morgan fingerprint density at radius 3 is 2.48 bits per heavy atom. The maximum Gasteiger partial charge on any atom is 0.328 e. The number of methoxy groups -OCH3 is 2. The van der Waals surface area contributed by atoms with Crippen molar-refractivity contribution in [2.24, 2.45) is 0 Å². The van der Waals surface area contributed by atoms with Gasteiger partial charge in [-0.15, -0.1) is 0 Å². The van der Waals surface area contributed by atoms with Gasteiger partial charge in [-0.25, -0.2) is 4.79 Å². The van der Waals surface area contributed by atoms with Crippen LogP contribution in [0.1, 0.15) is 18.1 Å². The summed E-state index contributed by atoms with van der Waals surface area (Å²) in [6, 6.07) is 11.5. The van der Waals surface area contributed by atoms with Gasteiger partial charge in [-0.3, -0.25) is 14.5 Å². The first kappa shape index (κ1) is 22.7. The van der Waals surface area contributed by atoms with Crippen LogP contribution in [0.2, 0.25) is 5.02 Å². The molecule has 162 valence electrons. The number of esters is 1. The number of ether oxygens (including phenoxy) is 3. The molecule has 0 N–H and O–H groups in total. The predicted molar refractivity (Wildman–Crippen MR) is 118 cm³/mol. The highest BCUT2D eigenvalue weighted by atomic mass is 35.5. The average molecular weight is 462 g/mol. The number of thioether (sulfide) groups is 1. The van der Waals surface area contributed by atoms with E-state index in [1.165, 1.54) is 21.1 Å². The number of amides is 2. The number of benzene rings is 2. The van der Waals surface area contributed by atoms with Gasteiger partial charge in [-0.05, 0) is 60.2 Å². The standard InChI is InChI=1S/C22H20ClNO6S/c1-13(21(26)29-3)24-20(25)19(31-22(24)27)11-15-6-9-17(18(10-15)28-2)30-12-14-4-7-16(23)8-5-14/h4-11,13H,12H2,1-3H3/b19-11+/t13-/m0/s1.